The van der Waals surface area contributed by atoms with Gasteiger partial charge in [0.1, 0.15) is 0 Å². The van der Waals surface area contributed by atoms with E-state index in [9.17, 15) is 4.79 Å². The topological polar surface area (TPSA) is 17.1 Å². The van der Waals surface area contributed by atoms with Crippen molar-refractivity contribution in [3.8, 4) is 0 Å². The van der Waals surface area contributed by atoms with Gasteiger partial charge in [-0.3, -0.25) is 4.79 Å². The van der Waals surface area contributed by atoms with E-state index in [2.05, 4.69) is 19.6 Å². The zero-order valence-corrected chi connectivity index (χ0v) is 9.74. The lowest BCUT2D eigenvalue weighted by Gasteiger charge is -2.06. The highest BCUT2D eigenvalue weighted by Gasteiger charge is 2.06. The third kappa shape index (κ3) is 3.03. The van der Waals surface area contributed by atoms with Gasteiger partial charge in [-0.05, 0) is 29.7 Å². The molecule has 3 heteroatoms. The smallest absolute Gasteiger partial charge is 0.151 e. The third-order valence-electron chi connectivity index (χ3n) is 2.11. The Morgan fingerprint density at radius 3 is 2.71 bits per heavy atom. The van der Waals surface area contributed by atoms with Crippen LogP contribution in [-0.2, 0) is 17.6 Å². The molecule has 0 aliphatic rings. The summed E-state index contributed by atoms with van der Waals surface area (Å²) in [6, 6.07) is 5.89. The van der Waals surface area contributed by atoms with Gasteiger partial charge in [0.15, 0.2) is 5.78 Å². The highest BCUT2D eigenvalue weighted by atomic mass is 35.5. The lowest BCUT2D eigenvalue weighted by molar-refractivity contribution is -0.116. The summed E-state index contributed by atoms with van der Waals surface area (Å²) in [5.41, 5.74) is 2.24. The molecular weight excluding hydrogens is 216 g/mol. The van der Waals surface area contributed by atoms with Crippen LogP contribution in [-0.4, -0.2) is 11.7 Å². The van der Waals surface area contributed by atoms with Crippen molar-refractivity contribution in [1.29, 1.82) is 0 Å². The number of carbonyl (C=O) groups is 1. The van der Waals surface area contributed by atoms with Gasteiger partial charge in [0.25, 0.3) is 0 Å². The molecule has 1 aromatic carbocycles. The van der Waals surface area contributed by atoms with Crippen molar-refractivity contribution >= 4 is 30.0 Å². The number of rotatable bonds is 4. The molecule has 0 N–H and O–H groups in total. The van der Waals surface area contributed by atoms with Gasteiger partial charge in [0.2, 0.25) is 0 Å². The molecule has 14 heavy (non-hydrogen) atoms. The molecule has 0 bridgehead atoms. The molecule has 0 fully saturated rings. The second kappa shape index (κ2) is 5.42. The zero-order chi connectivity index (χ0) is 10.6. The number of aryl methyl sites for hydroxylation is 1. The maximum Gasteiger partial charge on any atom is 0.151 e. The summed E-state index contributed by atoms with van der Waals surface area (Å²) in [5.74, 6) is 0.139. The molecule has 1 rings (SSSR count). The fourth-order valence-corrected chi connectivity index (χ4v) is 1.71. The largest absolute Gasteiger partial charge is 0.298 e. The molecule has 0 unspecified atom stereocenters. The average molecular weight is 229 g/mol. The van der Waals surface area contributed by atoms with E-state index >= 15 is 0 Å². The number of hydrogen-bond acceptors (Lipinski definition) is 2. The van der Waals surface area contributed by atoms with Crippen LogP contribution in [0.5, 0.6) is 0 Å². The number of benzene rings is 1. The monoisotopic (exact) mass is 228 g/mol. The number of ketones is 1. The summed E-state index contributed by atoms with van der Waals surface area (Å²) in [6.07, 6.45) is 1.35. The fraction of sp³-hybridized carbons (Fsp3) is 0.364. The SMILES string of the molecule is CCc1ccc(S)cc1CC(=O)CCl. The number of alkyl halides is 1. The van der Waals surface area contributed by atoms with E-state index in [4.69, 9.17) is 11.6 Å². The van der Waals surface area contributed by atoms with E-state index in [0.29, 0.717) is 6.42 Å². The van der Waals surface area contributed by atoms with E-state index in [0.717, 1.165) is 16.9 Å². The van der Waals surface area contributed by atoms with Gasteiger partial charge in [-0.1, -0.05) is 13.0 Å². The molecule has 0 atom stereocenters. The Morgan fingerprint density at radius 2 is 2.14 bits per heavy atom. The molecule has 0 amide bonds. The zero-order valence-electron chi connectivity index (χ0n) is 8.09. The van der Waals surface area contributed by atoms with Crippen LogP contribution in [0.15, 0.2) is 23.1 Å². The molecule has 1 nitrogen and oxygen atoms in total. The fourth-order valence-electron chi connectivity index (χ4n) is 1.38. The first-order valence-electron chi connectivity index (χ1n) is 4.55. The first-order valence-corrected chi connectivity index (χ1v) is 5.54. The lowest BCUT2D eigenvalue weighted by atomic mass is 10.0. The van der Waals surface area contributed by atoms with Gasteiger partial charge in [-0.15, -0.1) is 24.2 Å². The number of halogens is 1. The Labute approximate surface area is 94.9 Å². The molecule has 0 radical (unpaired) electrons. The van der Waals surface area contributed by atoms with Crippen LogP contribution in [0.4, 0.5) is 0 Å². The molecule has 76 valence electrons. The molecule has 1 aromatic rings. The van der Waals surface area contributed by atoms with Crippen molar-refractivity contribution < 1.29 is 4.79 Å². The first-order chi connectivity index (χ1) is 6.67. The molecule has 0 saturated heterocycles. The van der Waals surface area contributed by atoms with E-state index < -0.39 is 0 Å². The number of thiol groups is 1. The summed E-state index contributed by atoms with van der Waals surface area (Å²) in [7, 11) is 0. The Kier molecular flexibility index (Phi) is 4.49. The number of carbonyl (C=O) groups excluding carboxylic acids is 1. The molecule has 0 spiro atoms. The second-order valence-electron chi connectivity index (χ2n) is 3.16. The van der Waals surface area contributed by atoms with Crippen LogP contribution in [0.1, 0.15) is 18.1 Å². The molecule has 0 saturated carbocycles. The number of Topliss-reactive ketones (excluding diaryl/α,β-unsaturated/α-hetero) is 1. The maximum atomic E-state index is 11.2. The van der Waals surface area contributed by atoms with Crippen LogP contribution in [0, 0.1) is 0 Å². The normalized spacial score (nSPS) is 10.2. The quantitative estimate of drug-likeness (QED) is 0.620. The van der Waals surface area contributed by atoms with Crippen molar-refractivity contribution in [2.75, 3.05) is 5.88 Å². The van der Waals surface area contributed by atoms with E-state index in [-0.39, 0.29) is 11.7 Å². The van der Waals surface area contributed by atoms with Gasteiger partial charge in [0.05, 0.1) is 5.88 Å². The van der Waals surface area contributed by atoms with Crippen molar-refractivity contribution in [2.24, 2.45) is 0 Å². The van der Waals surface area contributed by atoms with Gasteiger partial charge in [0, 0.05) is 11.3 Å². The summed E-state index contributed by atoms with van der Waals surface area (Å²) < 4.78 is 0. The number of hydrogen-bond donors (Lipinski definition) is 1. The standard InChI is InChI=1S/C11H13ClOS/c1-2-8-3-4-11(14)6-9(8)5-10(13)7-12/h3-4,6,14H,2,5,7H2,1H3. The molecule has 0 aromatic heterocycles. The highest BCUT2D eigenvalue weighted by molar-refractivity contribution is 7.80. The summed E-state index contributed by atoms with van der Waals surface area (Å²) in [4.78, 5) is 12.1. The van der Waals surface area contributed by atoms with Crippen LogP contribution >= 0.6 is 24.2 Å². The Morgan fingerprint density at radius 1 is 1.43 bits per heavy atom. The van der Waals surface area contributed by atoms with E-state index in [1.54, 1.807) is 0 Å². The van der Waals surface area contributed by atoms with Crippen LogP contribution in [0.3, 0.4) is 0 Å². The van der Waals surface area contributed by atoms with Crippen molar-refractivity contribution in [1.82, 2.24) is 0 Å². The minimum atomic E-state index is 0.0558. The lowest BCUT2D eigenvalue weighted by Crippen LogP contribution is -2.06. The predicted octanol–water partition coefficient (Wildman–Crippen LogP) is 2.89. The minimum absolute atomic E-state index is 0.0558. The van der Waals surface area contributed by atoms with E-state index in [1.165, 1.54) is 5.56 Å². The van der Waals surface area contributed by atoms with Crippen molar-refractivity contribution in [2.45, 2.75) is 24.7 Å². The van der Waals surface area contributed by atoms with Crippen LogP contribution in [0.2, 0.25) is 0 Å². The molecular formula is C11H13ClOS. The van der Waals surface area contributed by atoms with Gasteiger partial charge < -0.3 is 0 Å². The van der Waals surface area contributed by atoms with Crippen LogP contribution < -0.4 is 0 Å². The Balaban J connectivity index is 2.93. The highest BCUT2D eigenvalue weighted by Crippen LogP contribution is 2.16. The summed E-state index contributed by atoms with van der Waals surface area (Å²) in [5, 5.41) is 0. The Hall–Kier alpha value is -0.470. The van der Waals surface area contributed by atoms with Crippen molar-refractivity contribution in [3.63, 3.8) is 0 Å². The summed E-state index contributed by atoms with van der Waals surface area (Å²) >= 11 is 9.72. The Bertz CT molecular complexity index is 336. The van der Waals surface area contributed by atoms with E-state index in [1.807, 2.05) is 18.2 Å². The first kappa shape index (κ1) is 11.6. The van der Waals surface area contributed by atoms with Gasteiger partial charge in [-0.2, -0.15) is 0 Å². The maximum absolute atomic E-state index is 11.2. The predicted molar refractivity (Wildman–Crippen MR) is 62.5 cm³/mol. The average Bonchev–Trinajstić information content (AvgIpc) is 2.18. The molecule has 0 heterocycles. The molecule has 0 aliphatic carbocycles. The van der Waals surface area contributed by atoms with Crippen molar-refractivity contribution in [3.05, 3.63) is 29.3 Å². The van der Waals surface area contributed by atoms with Gasteiger partial charge in [-0.25, -0.2) is 0 Å². The minimum Gasteiger partial charge on any atom is -0.298 e. The molecule has 0 aliphatic heterocycles. The van der Waals surface area contributed by atoms with Gasteiger partial charge >= 0.3 is 0 Å². The third-order valence-corrected chi connectivity index (χ3v) is 2.68. The second-order valence-corrected chi connectivity index (χ2v) is 3.94. The van der Waals surface area contributed by atoms with Crippen LogP contribution in [0.25, 0.3) is 0 Å². The summed E-state index contributed by atoms with van der Waals surface area (Å²) in [6.45, 7) is 2.07.